The monoisotopic (exact) mass is 396 g/mol. The number of aromatic nitrogens is 1. The number of aryl methyl sites for hydroxylation is 1. The van der Waals surface area contributed by atoms with E-state index in [1.54, 1.807) is 13.2 Å². The molecule has 1 aliphatic heterocycles. The Bertz CT molecular complexity index is 691. The second kappa shape index (κ2) is 7.09. The molecule has 0 unspecified atom stereocenters. The molecule has 0 aromatic carbocycles. The van der Waals surface area contributed by atoms with Crippen LogP contribution in [0, 0.1) is 0 Å². The minimum absolute atomic E-state index is 0.000323. The molecule has 24 heavy (non-hydrogen) atoms. The van der Waals surface area contributed by atoms with Crippen LogP contribution >= 0.6 is 15.9 Å². The van der Waals surface area contributed by atoms with Crippen molar-refractivity contribution in [3.05, 3.63) is 27.1 Å². The predicted octanol–water partition coefficient (Wildman–Crippen LogP) is 2.38. The molecule has 1 saturated heterocycles. The van der Waals surface area contributed by atoms with E-state index in [-0.39, 0.29) is 29.5 Å². The first-order chi connectivity index (χ1) is 11.5. The van der Waals surface area contributed by atoms with E-state index in [9.17, 15) is 14.4 Å². The molecule has 0 atom stereocenters. The average molecular weight is 397 g/mol. The summed E-state index contributed by atoms with van der Waals surface area (Å²) in [5.74, 6) is 0.474. The number of amides is 2. The summed E-state index contributed by atoms with van der Waals surface area (Å²) in [4.78, 5) is 37.3. The van der Waals surface area contributed by atoms with E-state index >= 15 is 0 Å². The minimum atomic E-state index is -0.119. The Hall–Kier alpha value is -1.63. The van der Waals surface area contributed by atoms with Crippen LogP contribution in [0.2, 0.25) is 0 Å². The smallest absolute Gasteiger partial charge is 0.254 e. The van der Waals surface area contributed by atoms with Gasteiger partial charge in [0.2, 0.25) is 11.8 Å². The SMILES string of the molecule is Cn1cc(Br)c(O[C@H]2CC[C@H](N3C(=O)CCCC3=O)CC2)cc1=O. The van der Waals surface area contributed by atoms with Crippen molar-refractivity contribution in [2.45, 2.75) is 57.1 Å². The van der Waals surface area contributed by atoms with Crippen LogP contribution in [0.1, 0.15) is 44.9 Å². The van der Waals surface area contributed by atoms with E-state index in [0.717, 1.165) is 30.2 Å². The molecular formula is C17H21BrN2O4. The van der Waals surface area contributed by atoms with Crippen LogP contribution in [-0.4, -0.2) is 33.4 Å². The van der Waals surface area contributed by atoms with Crippen molar-refractivity contribution >= 4 is 27.7 Å². The fourth-order valence-corrected chi connectivity index (χ4v) is 3.96. The molecule has 2 aliphatic rings. The summed E-state index contributed by atoms with van der Waals surface area (Å²) in [6, 6.07) is 1.48. The van der Waals surface area contributed by atoms with Crippen LogP contribution in [0.25, 0.3) is 0 Å². The Balaban J connectivity index is 1.61. The maximum absolute atomic E-state index is 12.0. The van der Waals surface area contributed by atoms with E-state index in [0.29, 0.717) is 25.0 Å². The van der Waals surface area contributed by atoms with Crippen molar-refractivity contribution in [2.75, 3.05) is 0 Å². The molecule has 1 aromatic rings. The fourth-order valence-electron chi connectivity index (χ4n) is 3.45. The highest BCUT2D eigenvalue weighted by Crippen LogP contribution is 2.31. The molecule has 1 saturated carbocycles. The Kier molecular flexibility index (Phi) is 5.08. The molecule has 6 nitrogen and oxygen atoms in total. The van der Waals surface area contributed by atoms with Gasteiger partial charge in [0.15, 0.2) is 0 Å². The van der Waals surface area contributed by atoms with Crippen LogP contribution < -0.4 is 10.3 Å². The fraction of sp³-hybridized carbons (Fsp3) is 0.588. The highest BCUT2D eigenvalue weighted by atomic mass is 79.9. The minimum Gasteiger partial charge on any atom is -0.489 e. The van der Waals surface area contributed by atoms with Crippen LogP contribution in [0.3, 0.4) is 0 Å². The van der Waals surface area contributed by atoms with Gasteiger partial charge in [0.25, 0.3) is 5.56 Å². The number of carbonyl (C=O) groups is 2. The summed E-state index contributed by atoms with van der Waals surface area (Å²) < 4.78 is 8.19. The van der Waals surface area contributed by atoms with E-state index < -0.39 is 0 Å². The second-order valence-corrected chi connectivity index (χ2v) is 7.35. The highest BCUT2D eigenvalue weighted by Gasteiger charge is 2.35. The number of ether oxygens (including phenoxy) is 1. The summed E-state index contributed by atoms with van der Waals surface area (Å²) in [6.45, 7) is 0. The van der Waals surface area contributed by atoms with Gasteiger partial charge in [0.05, 0.1) is 10.6 Å². The lowest BCUT2D eigenvalue weighted by atomic mass is 9.90. The Morgan fingerprint density at radius 1 is 1.08 bits per heavy atom. The zero-order chi connectivity index (χ0) is 17.3. The highest BCUT2D eigenvalue weighted by molar-refractivity contribution is 9.10. The van der Waals surface area contributed by atoms with E-state index in [1.807, 2.05) is 0 Å². The molecule has 0 spiro atoms. The molecule has 1 aromatic heterocycles. The summed E-state index contributed by atoms with van der Waals surface area (Å²) in [5, 5.41) is 0. The van der Waals surface area contributed by atoms with Crippen molar-refractivity contribution in [1.82, 2.24) is 9.47 Å². The first-order valence-corrected chi connectivity index (χ1v) is 9.12. The van der Waals surface area contributed by atoms with Crippen molar-refractivity contribution in [2.24, 2.45) is 7.05 Å². The first kappa shape index (κ1) is 17.2. The third-order valence-corrected chi connectivity index (χ3v) is 5.36. The van der Waals surface area contributed by atoms with Crippen molar-refractivity contribution in [1.29, 1.82) is 0 Å². The largest absolute Gasteiger partial charge is 0.489 e. The number of imide groups is 1. The van der Waals surface area contributed by atoms with Crippen molar-refractivity contribution in [3.63, 3.8) is 0 Å². The summed E-state index contributed by atoms with van der Waals surface area (Å²) in [6.07, 6.45) is 6.35. The Labute approximate surface area is 148 Å². The van der Waals surface area contributed by atoms with E-state index in [2.05, 4.69) is 15.9 Å². The predicted molar refractivity (Wildman–Crippen MR) is 91.8 cm³/mol. The quantitative estimate of drug-likeness (QED) is 0.735. The maximum Gasteiger partial charge on any atom is 0.254 e. The Morgan fingerprint density at radius 2 is 1.71 bits per heavy atom. The standard InChI is InChI=1S/C17H21BrN2O4/c1-19-10-13(18)14(9-17(19)23)24-12-7-5-11(6-8-12)20-15(21)3-2-4-16(20)22/h9-12H,2-8H2,1H3/t11-,12-. The molecule has 3 rings (SSSR count). The Morgan fingerprint density at radius 3 is 2.33 bits per heavy atom. The lowest BCUT2D eigenvalue weighted by Crippen LogP contribution is -2.49. The number of hydrogen-bond donors (Lipinski definition) is 0. The number of piperidine rings is 1. The molecule has 2 heterocycles. The van der Waals surface area contributed by atoms with Gasteiger partial charge in [0, 0.05) is 38.2 Å². The van der Waals surface area contributed by atoms with Gasteiger partial charge >= 0.3 is 0 Å². The van der Waals surface area contributed by atoms with Crippen LogP contribution in [-0.2, 0) is 16.6 Å². The van der Waals surface area contributed by atoms with Gasteiger partial charge in [-0.15, -0.1) is 0 Å². The number of halogens is 1. The zero-order valence-electron chi connectivity index (χ0n) is 13.7. The van der Waals surface area contributed by atoms with Gasteiger partial charge in [-0.05, 0) is 48.0 Å². The number of nitrogens with zero attached hydrogens (tertiary/aromatic N) is 2. The van der Waals surface area contributed by atoms with E-state index in [1.165, 1.54) is 15.5 Å². The maximum atomic E-state index is 12.0. The molecule has 2 amide bonds. The second-order valence-electron chi connectivity index (χ2n) is 6.49. The van der Waals surface area contributed by atoms with Gasteiger partial charge < -0.3 is 9.30 Å². The van der Waals surface area contributed by atoms with Gasteiger partial charge in [-0.2, -0.15) is 0 Å². The van der Waals surface area contributed by atoms with Crippen LogP contribution in [0.4, 0.5) is 0 Å². The zero-order valence-corrected chi connectivity index (χ0v) is 15.3. The first-order valence-electron chi connectivity index (χ1n) is 8.33. The molecule has 1 aliphatic carbocycles. The average Bonchev–Trinajstić information content (AvgIpc) is 2.54. The van der Waals surface area contributed by atoms with Crippen LogP contribution in [0.15, 0.2) is 21.5 Å². The number of pyridine rings is 1. The number of hydrogen-bond acceptors (Lipinski definition) is 4. The van der Waals surface area contributed by atoms with Gasteiger partial charge in [0.1, 0.15) is 5.75 Å². The molecule has 0 N–H and O–H groups in total. The summed E-state index contributed by atoms with van der Waals surface area (Å²) in [5.41, 5.74) is -0.119. The summed E-state index contributed by atoms with van der Waals surface area (Å²) in [7, 11) is 1.69. The molecule has 130 valence electrons. The lowest BCUT2D eigenvalue weighted by molar-refractivity contribution is -0.152. The molecule has 2 fully saturated rings. The van der Waals surface area contributed by atoms with Gasteiger partial charge in [-0.3, -0.25) is 19.3 Å². The van der Waals surface area contributed by atoms with E-state index in [4.69, 9.17) is 4.74 Å². The van der Waals surface area contributed by atoms with Crippen molar-refractivity contribution < 1.29 is 14.3 Å². The summed E-state index contributed by atoms with van der Waals surface area (Å²) >= 11 is 3.42. The van der Waals surface area contributed by atoms with Gasteiger partial charge in [-0.1, -0.05) is 0 Å². The number of carbonyl (C=O) groups excluding carboxylic acids is 2. The third kappa shape index (κ3) is 3.55. The molecule has 0 radical (unpaired) electrons. The topological polar surface area (TPSA) is 68.6 Å². The third-order valence-electron chi connectivity index (χ3n) is 4.77. The van der Waals surface area contributed by atoms with Crippen LogP contribution in [0.5, 0.6) is 5.75 Å². The van der Waals surface area contributed by atoms with Crippen molar-refractivity contribution in [3.8, 4) is 5.75 Å². The number of rotatable bonds is 3. The molecular weight excluding hydrogens is 376 g/mol. The molecule has 0 bridgehead atoms. The normalized spacial score (nSPS) is 25.0. The van der Waals surface area contributed by atoms with Gasteiger partial charge in [-0.25, -0.2) is 0 Å². The molecule has 7 heteroatoms. The lowest BCUT2D eigenvalue weighted by Gasteiger charge is -2.37. The number of likely N-dealkylation sites (tertiary alicyclic amines) is 1.